The van der Waals surface area contributed by atoms with Crippen LogP contribution in [0, 0.1) is 5.92 Å². The molecule has 18 atom stereocenters. The molecule has 5 aliphatic rings. The Morgan fingerprint density at radius 1 is 0.721 bits per heavy atom. The Kier molecular flexibility index (Phi) is 32.3. The average molecular weight is 1840 g/mol. The molecule has 2 saturated heterocycles. The Morgan fingerprint density at radius 3 is 2.09 bits per heavy atom. The molecule has 7 amide bonds. The van der Waals surface area contributed by atoms with Crippen molar-refractivity contribution in [1.82, 2.24) is 42.3 Å². The molecule has 35 nitrogen and oxygen atoms in total. The van der Waals surface area contributed by atoms with Crippen LogP contribution < -0.4 is 67.6 Å². The molecular weight excluding hydrogens is 1730 g/mol. The second kappa shape index (κ2) is 43.0. The number of aliphatic hydroxyl groups is 5. The van der Waals surface area contributed by atoms with Gasteiger partial charge in [-0.3, -0.25) is 33.6 Å². The molecule has 690 valence electrons. The molecule has 13 rings (SSSR count). The highest BCUT2D eigenvalue weighted by atomic mass is 35.5. The number of ether oxygens (including phenoxy) is 6. The minimum atomic E-state index is -2.19. The quantitative estimate of drug-likeness (QED) is 0.0103. The number of halogens is 2. The minimum absolute atomic E-state index is 0.0658. The van der Waals surface area contributed by atoms with Crippen LogP contribution in [0.25, 0.3) is 28.3 Å². The summed E-state index contributed by atoms with van der Waals surface area (Å²) in [5.74, 6) is -15.2. The maximum absolute atomic E-state index is 15.7. The van der Waals surface area contributed by atoms with E-state index in [-0.39, 0.29) is 79.1 Å². The second-order valence-corrected chi connectivity index (χ2v) is 34.9. The summed E-state index contributed by atoms with van der Waals surface area (Å²) in [4.78, 5) is 113. The number of likely N-dealkylation sites (N-methyl/N-ethyl adjacent to an activating group) is 1. The fourth-order valence-corrected chi connectivity index (χ4v) is 17.3. The number of hydrogen-bond donors (Lipinski definition) is 18. The number of hydrogen-bond acceptors (Lipinski definition) is 27. The number of primary amides is 2. The molecule has 6 heterocycles. The Morgan fingerprint density at radius 2 is 1.42 bits per heavy atom. The number of rotatable bonds is 34. The zero-order valence-corrected chi connectivity index (χ0v) is 74.1. The van der Waals surface area contributed by atoms with E-state index in [4.69, 9.17) is 72.6 Å². The first-order valence-electron chi connectivity index (χ1n) is 42.5. The number of aliphatic carboxylic acids is 1. The van der Waals surface area contributed by atoms with Crippen molar-refractivity contribution in [3.05, 3.63) is 177 Å². The van der Waals surface area contributed by atoms with Crippen molar-refractivity contribution >= 4 is 82.3 Å². The molecule has 7 aromatic carbocycles. The summed E-state index contributed by atoms with van der Waals surface area (Å²) < 4.78 is 49.2. The first kappa shape index (κ1) is 96.8. The molecular formula is C91H108Cl2N11O24S+. The van der Waals surface area contributed by atoms with Crippen LogP contribution >= 0.6 is 35.0 Å². The standard InChI is InChI=1S/C91H107Cl2N11O24S/c1-8-9-10-11-12-13-14-21-32-97-91(6)42-68(122-46(5)80(91)113)126-79-77(112)76(111)66(43-129-90-103-104(52-24-19-16-20-25-52)87(128-90)47-22-17-15-18-23-47)125-89(79)127-78-64(123-62-30-27-49(35-56(62)92)74(109)72(101-83(116)59(96-7)33-44(2)3)85(118)98-58(81(95)114)41-67(94)108)37-51-38-65(78)124-63-31-28-50(36-57(63)93)75(110)73-86(119)100-71(88(120)121)55-39-53(105)40-61(107)69(55)54-34-48(26-29-60(54)106)70(84(117)102-73)99-82(115)45(51)4/h15-20,22-31,34-40,44-46,58-59,66,68,70-77,79-80,89,96-97,109-113H,8-14,21,32-33,41-43H2,1-7H3,(H12-,94,95,98,99,100,101,102,105,106,107,108,114,115,116,117,118,119,120,121)/p+1/t45-,46?,58+,59-,66?,68?,70-,71-,72-,73?,74-,75-,76?,77?,79?,80?,89?,91?/m1/s1. The number of amides is 7. The molecule has 8 bridgehead atoms. The van der Waals surface area contributed by atoms with Gasteiger partial charge in [-0.1, -0.05) is 155 Å². The van der Waals surface area contributed by atoms with E-state index in [1.807, 2.05) is 81.4 Å². The van der Waals surface area contributed by atoms with Gasteiger partial charge in [-0.15, -0.1) is 0 Å². The van der Waals surface area contributed by atoms with E-state index in [1.54, 1.807) is 11.6 Å². The Bertz CT molecular complexity index is 5320. The summed E-state index contributed by atoms with van der Waals surface area (Å²) in [6.45, 7) is 11.2. The number of carboxylic acids is 1. The highest BCUT2D eigenvalue weighted by Gasteiger charge is 2.53. The van der Waals surface area contributed by atoms with E-state index in [9.17, 15) is 74.7 Å². The van der Waals surface area contributed by atoms with Crippen molar-refractivity contribution in [2.45, 2.75) is 227 Å². The molecule has 0 radical (unpaired) electrons. The third-order valence-corrected chi connectivity index (χ3v) is 24.6. The predicted octanol–water partition coefficient (Wildman–Crippen LogP) is 8.03. The topological polar surface area (TPSA) is 540 Å². The summed E-state index contributed by atoms with van der Waals surface area (Å²) in [6.07, 6.45) is -8.90. The van der Waals surface area contributed by atoms with Gasteiger partial charge in [0.2, 0.25) is 59.1 Å². The molecule has 10 unspecified atom stereocenters. The van der Waals surface area contributed by atoms with Gasteiger partial charge in [0.25, 0.3) is 0 Å². The number of aliphatic hydroxyl groups excluding tert-OH is 5. The lowest BCUT2D eigenvalue weighted by molar-refractivity contribution is -0.650. The summed E-state index contributed by atoms with van der Waals surface area (Å²) in [5.41, 5.74) is 9.26. The first-order valence-corrected chi connectivity index (χ1v) is 44.2. The van der Waals surface area contributed by atoms with Crippen LogP contribution in [0.4, 0.5) is 0 Å². The van der Waals surface area contributed by atoms with Crippen molar-refractivity contribution in [2.24, 2.45) is 17.4 Å². The van der Waals surface area contributed by atoms with Gasteiger partial charge in [-0.2, -0.15) is 0 Å². The monoisotopic (exact) mass is 1840 g/mol. The minimum Gasteiger partial charge on any atom is -0.508 e. The van der Waals surface area contributed by atoms with E-state index >= 15 is 9.59 Å². The number of fused-ring (bicyclic) bond motifs is 8. The number of carboxylic acid groups (broad SMARTS) is 1. The molecule has 5 aliphatic heterocycles. The molecule has 20 N–H and O–H groups in total. The van der Waals surface area contributed by atoms with Crippen molar-refractivity contribution in [3.63, 3.8) is 0 Å². The van der Waals surface area contributed by atoms with E-state index < -0.39 is 208 Å². The maximum Gasteiger partial charge on any atom is 0.414 e. The number of carbonyl (C=O) groups excluding carboxylic acids is 7. The fourth-order valence-electron chi connectivity index (χ4n) is 16.0. The number of phenols is 3. The Hall–Kier alpha value is -11.2. The molecule has 8 aromatic rings. The zero-order chi connectivity index (χ0) is 93.0. The van der Waals surface area contributed by atoms with Crippen LogP contribution in [-0.2, 0) is 52.6 Å². The fraction of sp³-hybridized carbons (Fsp3) is 0.429. The number of nitrogens with two attached hydrogens (primary N) is 2. The third-order valence-electron chi connectivity index (χ3n) is 23.1. The van der Waals surface area contributed by atoms with Gasteiger partial charge in [-0.05, 0) is 147 Å². The molecule has 0 spiro atoms. The SMILES string of the molecule is CCCCCCCCCCNC1(C)CC(OC2C(Oc3c4cc(cc3Oc3ccc([C@@H](O)[C@@H](NC(=O)[C@@H](CC(C)C)NC)C(=O)N[C@@H](CC(N)=O)C(N)=O)cc3Cl)[C@@H](C)C(=O)N[C@H]3C(=O)NC(C(=O)N[C@@H](C(=O)O)c5cc(O)cc(O)c5-c5cc3ccc5O)[C@H](O)c3ccc(c(Cl)c3)O4)OC(CSc3n[n+](-c4ccccc4)c(-c4ccccc4)o3)C(O)C2O)OC(C)C1O. The van der Waals surface area contributed by atoms with Crippen molar-refractivity contribution in [1.29, 1.82) is 0 Å². The van der Waals surface area contributed by atoms with Gasteiger partial charge in [-0.25, -0.2) is 4.79 Å². The van der Waals surface area contributed by atoms with Gasteiger partial charge >= 0.3 is 17.1 Å². The smallest absolute Gasteiger partial charge is 0.414 e. The summed E-state index contributed by atoms with van der Waals surface area (Å²) in [5, 5.41) is 130. The summed E-state index contributed by atoms with van der Waals surface area (Å²) >= 11 is 15.6. The summed E-state index contributed by atoms with van der Waals surface area (Å²) in [7, 11) is 1.50. The predicted molar refractivity (Wildman–Crippen MR) is 470 cm³/mol. The Balaban J connectivity index is 1.01. The maximum atomic E-state index is 15.7. The molecule has 1 aromatic heterocycles. The normalized spacial score (nSPS) is 23.7. The largest absolute Gasteiger partial charge is 0.508 e. The van der Waals surface area contributed by atoms with Crippen LogP contribution in [0.15, 0.2) is 149 Å². The van der Waals surface area contributed by atoms with E-state index in [0.717, 1.165) is 99.5 Å². The van der Waals surface area contributed by atoms with Gasteiger partial charge in [0.15, 0.2) is 29.9 Å². The number of nitrogens with zero attached hydrogens (tertiary/aromatic N) is 2. The lowest BCUT2D eigenvalue weighted by Crippen LogP contribution is -2.65. The van der Waals surface area contributed by atoms with E-state index in [0.29, 0.717) is 23.7 Å². The number of carbonyl (C=O) groups is 8. The number of para-hydroxylation sites is 1. The molecule has 129 heavy (non-hydrogen) atoms. The van der Waals surface area contributed by atoms with Crippen LogP contribution in [0.3, 0.4) is 0 Å². The molecule has 0 saturated carbocycles. The number of unbranched alkanes of at least 4 members (excludes halogenated alkanes) is 7. The van der Waals surface area contributed by atoms with E-state index in [2.05, 4.69) is 44.1 Å². The molecule has 0 aliphatic carbocycles. The zero-order valence-electron chi connectivity index (χ0n) is 71.7. The Labute approximate surface area is 757 Å². The van der Waals surface area contributed by atoms with Gasteiger partial charge in [0.05, 0.1) is 57.4 Å². The highest BCUT2D eigenvalue weighted by Crippen LogP contribution is 2.50. The number of thioether (sulfide) groups is 1. The number of nitrogens with one attached hydrogen (secondary N) is 7. The van der Waals surface area contributed by atoms with E-state index in [1.165, 1.54) is 56.4 Å². The number of phenolic OH excluding ortho intramolecular Hbond substituents is 3. The average Bonchev–Trinajstić information content (AvgIpc) is 1.35. The van der Waals surface area contributed by atoms with Gasteiger partial charge < -0.3 is 127 Å². The highest BCUT2D eigenvalue weighted by molar-refractivity contribution is 7.99. The summed E-state index contributed by atoms with van der Waals surface area (Å²) in [6, 6.07) is 22.3. The number of aromatic nitrogens is 2. The van der Waals surface area contributed by atoms with Crippen LogP contribution in [0.2, 0.25) is 10.0 Å². The third kappa shape index (κ3) is 23.1. The van der Waals surface area contributed by atoms with Crippen molar-refractivity contribution in [2.75, 3.05) is 19.3 Å². The molecule has 2 fully saturated rings. The lowest BCUT2D eigenvalue weighted by Gasteiger charge is -2.48. The lowest BCUT2D eigenvalue weighted by atomic mass is 9.85. The van der Waals surface area contributed by atoms with Gasteiger partial charge in [0.1, 0.15) is 77.3 Å². The van der Waals surface area contributed by atoms with Gasteiger partial charge in [0, 0.05) is 52.6 Å². The molecule has 38 heteroatoms. The number of benzene rings is 7. The van der Waals surface area contributed by atoms with Crippen molar-refractivity contribution < 1.29 is 122 Å². The first-order chi connectivity index (χ1) is 61.5. The second-order valence-electron chi connectivity index (χ2n) is 33.1. The number of aromatic hydroxyl groups is 3. The van der Waals surface area contributed by atoms with Crippen LogP contribution in [0.1, 0.15) is 170 Å². The van der Waals surface area contributed by atoms with Crippen LogP contribution in [0.5, 0.6) is 46.0 Å². The van der Waals surface area contributed by atoms with Crippen LogP contribution in [-0.4, -0.2) is 197 Å². The van der Waals surface area contributed by atoms with Crippen molar-refractivity contribution in [3.8, 4) is 74.3 Å².